The minimum atomic E-state index is 0.157. The SMILES string of the molecule is C=CC(=O)C[C@@H](C)CC. The van der Waals surface area contributed by atoms with Crippen molar-refractivity contribution in [1.29, 1.82) is 0 Å². The van der Waals surface area contributed by atoms with Crippen molar-refractivity contribution in [3.63, 3.8) is 0 Å². The molecule has 0 radical (unpaired) electrons. The molecule has 0 unspecified atom stereocenters. The van der Waals surface area contributed by atoms with Gasteiger partial charge in [-0.15, -0.1) is 0 Å². The second-order valence-electron chi connectivity index (χ2n) is 2.39. The summed E-state index contributed by atoms with van der Waals surface area (Å²) in [5, 5.41) is 0. The Morgan fingerprint density at radius 2 is 2.33 bits per heavy atom. The van der Waals surface area contributed by atoms with Gasteiger partial charge in [0.05, 0.1) is 0 Å². The topological polar surface area (TPSA) is 17.1 Å². The van der Waals surface area contributed by atoms with Crippen LogP contribution in [0.2, 0.25) is 0 Å². The first kappa shape index (κ1) is 8.41. The van der Waals surface area contributed by atoms with E-state index in [1.807, 2.05) is 0 Å². The molecule has 0 spiro atoms. The lowest BCUT2D eigenvalue weighted by molar-refractivity contribution is -0.115. The van der Waals surface area contributed by atoms with Gasteiger partial charge in [-0.25, -0.2) is 0 Å². The van der Waals surface area contributed by atoms with E-state index in [9.17, 15) is 4.79 Å². The van der Waals surface area contributed by atoms with E-state index in [0.717, 1.165) is 6.42 Å². The van der Waals surface area contributed by atoms with Gasteiger partial charge in [0.1, 0.15) is 0 Å². The highest BCUT2D eigenvalue weighted by atomic mass is 16.1. The van der Waals surface area contributed by atoms with Gasteiger partial charge in [0.2, 0.25) is 0 Å². The summed E-state index contributed by atoms with van der Waals surface area (Å²) in [6, 6.07) is 0. The number of rotatable bonds is 4. The molecule has 0 saturated heterocycles. The molecule has 0 aliphatic heterocycles. The van der Waals surface area contributed by atoms with Crippen LogP contribution in [0, 0.1) is 5.92 Å². The second-order valence-corrected chi connectivity index (χ2v) is 2.39. The van der Waals surface area contributed by atoms with Crippen molar-refractivity contribution in [2.75, 3.05) is 0 Å². The monoisotopic (exact) mass is 126 g/mol. The van der Waals surface area contributed by atoms with Gasteiger partial charge in [-0.2, -0.15) is 0 Å². The summed E-state index contributed by atoms with van der Waals surface area (Å²) < 4.78 is 0. The molecule has 1 atom stereocenters. The molecule has 0 aromatic carbocycles. The average molecular weight is 126 g/mol. The lowest BCUT2D eigenvalue weighted by Crippen LogP contribution is -2.00. The molecule has 1 heteroatoms. The second kappa shape index (κ2) is 4.30. The molecule has 0 amide bonds. The van der Waals surface area contributed by atoms with Crippen LogP contribution in [-0.4, -0.2) is 5.78 Å². The Bertz CT molecular complexity index is 105. The fourth-order valence-electron chi connectivity index (χ4n) is 0.571. The van der Waals surface area contributed by atoms with Gasteiger partial charge < -0.3 is 0 Å². The molecule has 52 valence electrons. The van der Waals surface area contributed by atoms with E-state index in [1.54, 1.807) is 0 Å². The molecule has 0 fully saturated rings. The molecule has 1 nitrogen and oxygen atoms in total. The normalized spacial score (nSPS) is 12.7. The van der Waals surface area contributed by atoms with Gasteiger partial charge in [0.15, 0.2) is 5.78 Å². The van der Waals surface area contributed by atoms with Crippen LogP contribution in [0.3, 0.4) is 0 Å². The molecule has 0 aromatic rings. The third kappa shape index (κ3) is 3.95. The highest BCUT2D eigenvalue weighted by molar-refractivity contribution is 5.89. The largest absolute Gasteiger partial charge is 0.295 e. The van der Waals surface area contributed by atoms with Crippen LogP contribution in [0.15, 0.2) is 12.7 Å². The first-order chi connectivity index (χ1) is 4.20. The lowest BCUT2D eigenvalue weighted by atomic mass is 10.0. The van der Waals surface area contributed by atoms with Gasteiger partial charge in [0.25, 0.3) is 0 Å². The number of ketones is 1. The van der Waals surface area contributed by atoms with Gasteiger partial charge >= 0.3 is 0 Å². The molecule has 0 aromatic heterocycles. The van der Waals surface area contributed by atoms with Gasteiger partial charge in [-0.1, -0.05) is 26.8 Å². The number of carbonyl (C=O) groups is 1. The standard InChI is InChI=1S/C8H14O/c1-4-7(3)6-8(9)5-2/h5,7H,2,4,6H2,1,3H3/t7-/m0/s1. The minimum absolute atomic E-state index is 0.157. The molecule has 0 rings (SSSR count). The Morgan fingerprint density at radius 1 is 1.78 bits per heavy atom. The summed E-state index contributed by atoms with van der Waals surface area (Å²) >= 11 is 0. The van der Waals surface area contributed by atoms with Crippen molar-refractivity contribution < 1.29 is 4.79 Å². The van der Waals surface area contributed by atoms with Crippen LogP contribution in [0.1, 0.15) is 26.7 Å². The predicted molar refractivity (Wildman–Crippen MR) is 39.3 cm³/mol. The number of hydrogen-bond acceptors (Lipinski definition) is 1. The van der Waals surface area contributed by atoms with Crippen LogP contribution in [0.4, 0.5) is 0 Å². The van der Waals surface area contributed by atoms with Gasteiger partial charge in [0, 0.05) is 6.42 Å². The van der Waals surface area contributed by atoms with Crippen molar-refractivity contribution in [3.05, 3.63) is 12.7 Å². The van der Waals surface area contributed by atoms with Crippen LogP contribution < -0.4 is 0 Å². The van der Waals surface area contributed by atoms with E-state index in [2.05, 4.69) is 20.4 Å². The Hall–Kier alpha value is -0.590. The number of carbonyl (C=O) groups excluding carboxylic acids is 1. The molecule has 0 aliphatic carbocycles. The van der Waals surface area contributed by atoms with Crippen molar-refractivity contribution in [2.24, 2.45) is 5.92 Å². The summed E-state index contributed by atoms with van der Waals surface area (Å²) in [6.45, 7) is 7.55. The van der Waals surface area contributed by atoms with Gasteiger partial charge in [-0.3, -0.25) is 4.79 Å². The molecule has 9 heavy (non-hydrogen) atoms. The highest BCUT2D eigenvalue weighted by Crippen LogP contribution is 2.06. The zero-order valence-corrected chi connectivity index (χ0v) is 6.18. The Balaban J connectivity index is 3.46. The van der Waals surface area contributed by atoms with E-state index in [4.69, 9.17) is 0 Å². The highest BCUT2D eigenvalue weighted by Gasteiger charge is 2.01. The lowest BCUT2D eigenvalue weighted by Gasteiger charge is -2.02. The summed E-state index contributed by atoms with van der Waals surface area (Å²) in [6.07, 6.45) is 3.12. The Kier molecular flexibility index (Phi) is 4.02. The third-order valence-corrected chi connectivity index (χ3v) is 1.47. The zero-order chi connectivity index (χ0) is 7.28. The van der Waals surface area contributed by atoms with Crippen molar-refractivity contribution in [2.45, 2.75) is 26.7 Å². The Labute approximate surface area is 56.8 Å². The van der Waals surface area contributed by atoms with E-state index in [1.165, 1.54) is 6.08 Å². The molecule has 0 aliphatic rings. The summed E-state index contributed by atoms with van der Waals surface area (Å²) in [7, 11) is 0. The van der Waals surface area contributed by atoms with E-state index >= 15 is 0 Å². The number of allylic oxidation sites excluding steroid dienone is 1. The quantitative estimate of drug-likeness (QED) is 0.528. The first-order valence-corrected chi connectivity index (χ1v) is 3.36. The first-order valence-electron chi connectivity index (χ1n) is 3.36. The average Bonchev–Trinajstić information content (AvgIpc) is 1.87. The fourth-order valence-corrected chi connectivity index (χ4v) is 0.571. The molecule has 0 saturated carbocycles. The zero-order valence-electron chi connectivity index (χ0n) is 6.18. The van der Waals surface area contributed by atoms with Crippen molar-refractivity contribution in [1.82, 2.24) is 0 Å². The molecular weight excluding hydrogens is 112 g/mol. The molecule has 0 N–H and O–H groups in total. The van der Waals surface area contributed by atoms with Crippen molar-refractivity contribution in [3.8, 4) is 0 Å². The van der Waals surface area contributed by atoms with Gasteiger partial charge in [-0.05, 0) is 12.0 Å². The van der Waals surface area contributed by atoms with Crippen molar-refractivity contribution >= 4 is 5.78 Å². The smallest absolute Gasteiger partial charge is 0.155 e. The maximum Gasteiger partial charge on any atom is 0.155 e. The van der Waals surface area contributed by atoms with E-state index < -0.39 is 0 Å². The van der Waals surface area contributed by atoms with Crippen LogP contribution in [0.5, 0.6) is 0 Å². The fraction of sp³-hybridized carbons (Fsp3) is 0.625. The third-order valence-electron chi connectivity index (χ3n) is 1.47. The summed E-state index contributed by atoms with van der Waals surface area (Å²) in [4.78, 5) is 10.7. The summed E-state index contributed by atoms with van der Waals surface area (Å²) in [5.74, 6) is 0.667. The van der Waals surface area contributed by atoms with Crippen LogP contribution in [-0.2, 0) is 4.79 Å². The molecular formula is C8H14O. The molecule has 0 heterocycles. The van der Waals surface area contributed by atoms with E-state index in [0.29, 0.717) is 12.3 Å². The predicted octanol–water partition coefficient (Wildman–Crippen LogP) is 2.18. The van der Waals surface area contributed by atoms with E-state index in [-0.39, 0.29) is 5.78 Å². The maximum absolute atomic E-state index is 10.7. The molecule has 0 bridgehead atoms. The Morgan fingerprint density at radius 3 is 2.67 bits per heavy atom. The number of hydrogen-bond donors (Lipinski definition) is 0. The summed E-state index contributed by atoms with van der Waals surface area (Å²) in [5.41, 5.74) is 0. The van der Waals surface area contributed by atoms with Crippen LogP contribution in [0.25, 0.3) is 0 Å². The van der Waals surface area contributed by atoms with Crippen LogP contribution >= 0.6 is 0 Å². The maximum atomic E-state index is 10.7. The minimum Gasteiger partial charge on any atom is -0.295 e.